The third-order valence-electron chi connectivity index (χ3n) is 1.73. The second-order valence-corrected chi connectivity index (χ2v) is 3.28. The van der Waals surface area contributed by atoms with Gasteiger partial charge in [0.15, 0.2) is 16.7 Å². The number of hydrogen-bond donors (Lipinski definition) is 1. The fourth-order valence-corrected chi connectivity index (χ4v) is 1.25. The van der Waals surface area contributed by atoms with Gasteiger partial charge >= 0.3 is 0 Å². The van der Waals surface area contributed by atoms with Crippen LogP contribution in [0.1, 0.15) is 11.6 Å². The number of nitrogens with zero attached hydrogens (tertiary/aromatic N) is 3. The zero-order valence-electron chi connectivity index (χ0n) is 8.07. The first-order valence-corrected chi connectivity index (χ1v) is 4.74. The van der Waals surface area contributed by atoms with Crippen LogP contribution in [0.5, 0.6) is 5.75 Å². The maximum Gasteiger partial charge on any atom is 0.188 e. The molecule has 2 heterocycles. The highest BCUT2D eigenvalue weighted by molar-refractivity contribution is 6.30. The predicted octanol–water partition coefficient (Wildman–Crippen LogP) is 1.74. The first-order valence-electron chi connectivity index (χ1n) is 4.37. The molecule has 0 atom stereocenters. The SMILES string of the molecule is Cc1nc(COc2cccnc2Cl)n[nH]1. The first-order chi connectivity index (χ1) is 7.25. The van der Waals surface area contributed by atoms with Crippen molar-refractivity contribution >= 4 is 11.6 Å². The lowest BCUT2D eigenvalue weighted by molar-refractivity contribution is 0.295. The number of H-pyrrole nitrogens is 1. The number of aromatic nitrogens is 4. The van der Waals surface area contributed by atoms with Crippen molar-refractivity contribution in [1.82, 2.24) is 20.2 Å². The normalized spacial score (nSPS) is 10.3. The van der Waals surface area contributed by atoms with Crippen LogP contribution in [-0.2, 0) is 6.61 Å². The monoisotopic (exact) mass is 224 g/mol. The van der Waals surface area contributed by atoms with E-state index in [2.05, 4.69) is 20.2 Å². The summed E-state index contributed by atoms with van der Waals surface area (Å²) < 4.78 is 5.40. The van der Waals surface area contributed by atoms with E-state index in [4.69, 9.17) is 16.3 Å². The van der Waals surface area contributed by atoms with E-state index >= 15 is 0 Å². The lowest BCUT2D eigenvalue weighted by Crippen LogP contribution is -1.98. The topological polar surface area (TPSA) is 63.7 Å². The maximum absolute atomic E-state index is 5.81. The van der Waals surface area contributed by atoms with Crippen LogP contribution < -0.4 is 4.74 Å². The maximum atomic E-state index is 5.81. The van der Waals surface area contributed by atoms with Crippen molar-refractivity contribution in [2.45, 2.75) is 13.5 Å². The van der Waals surface area contributed by atoms with Crippen molar-refractivity contribution in [3.8, 4) is 5.75 Å². The van der Waals surface area contributed by atoms with Gasteiger partial charge in [-0.2, -0.15) is 5.10 Å². The summed E-state index contributed by atoms with van der Waals surface area (Å²) in [5.74, 6) is 1.87. The van der Waals surface area contributed by atoms with Crippen molar-refractivity contribution in [1.29, 1.82) is 0 Å². The zero-order chi connectivity index (χ0) is 10.7. The molecule has 5 nitrogen and oxygen atoms in total. The third-order valence-corrected chi connectivity index (χ3v) is 2.01. The quantitative estimate of drug-likeness (QED) is 0.807. The summed E-state index contributed by atoms with van der Waals surface area (Å²) in [7, 11) is 0. The summed E-state index contributed by atoms with van der Waals surface area (Å²) >= 11 is 5.81. The highest BCUT2D eigenvalue weighted by Crippen LogP contribution is 2.20. The lowest BCUT2D eigenvalue weighted by atomic mass is 10.4. The molecule has 0 saturated heterocycles. The Labute approximate surface area is 91.5 Å². The van der Waals surface area contributed by atoms with Crippen LogP contribution in [0, 0.1) is 6.92 Å². The summed E-state index contributed by atoms with van der Waals surface area (Å²) in [5, 5.41) is 7.00. The van der Waals surface area contributed by atoms with Crippen LogP contribution in [0.25, 0.3) is 0 Å². The fourth-order valence-electron chi connectivity index (χ4n) is 1.07. The molecule has 0 bridgehead atoms. The Morgan fingerprint density at radius 2 is 2.40 bits per heavy atom. The van der Waals surface area contributed by atoms with Crippen molar-refractivity contribution in [3.05, 3.63) is 35.1 Å². The molecule has 78 valence electrons. The Hall–Kier alpha value is -1.62. The molecular formula is C9H9ClN4O. The van der Waals surface area contributed by atoms with E-state index in [0.717, 1.165) is 5.82 Å². The molecule has 2 aromatic heterocycles. The van der Waals surface area contributed by atoms with E-state index in [1.54, 1.807) is 18.3 Å². The number of halogens is 1. The molecule has 6 heteroatoms. The van der Waals surface area contributed by atoms with E-state index in [9.17, 15) is 0 Å². The van der Waals surface area contributed by atoms with E-state index in [1.807, 2.05) is 6.92 Å². The minimum absolute atomic E-state index is 0.274. The van der Waals surface area contributed by atoms with Gasteiger partial charge in [0.1, 0.15) is 12.4 Å². The molecule has 15 heavy (non-hydrogen) atoms. The number of ether oxygens (including phenoxy) is 1. The molecule has 0 fully saturated rings. The number of nitrogens with one attached hydrogen (secondary N) is 1. The Morgan fingerprint density at radius 1 is 1.53 bits per heavy atom. The zero-order valence-corrected chi connectivity index (χ0v) is 8.82. The number of rotatable bonds is 3. The fraction of sp³-hybridized carbons (Fsp3) is 0.222. The molecule has 0 amide bonds. The van der Waals surface area contributed by atoms with Crippen molar-refractivity contribution in [2.75, 3.05) is 0 Å². The van der Waals surface area contributed by atoms with E-state index in [0.29, 0.717) is 16.7 Å². The summed E-state index contributed by atoms with van der Waals surface area (Å²) in [6.45, 7) is 2.10. The largest absolute Gasteiger partial charge is 0.482 e. The van der Waals surface area contributed by atoms with E-state index < -0.39 is 0 Å². The minimum atomic E-state index is 0.274. The number of pyridine rings is 1. The van der Waals surface area contributed by atoms with Gasteiger partial charge < -0.3 is 4.74 Å². The van der Waals surface area contributed by atoms with Crippen LogP contribution in [0.15, 0.2) is 18.3 Å². The molecule has 0 unspecified atom stereocenters. The second-order valence-electron chi connectivity index (χ2n) is 2.92. The lowest BCUT2D eigenvalue weighted by Gasteiger charge is -2.03. The Bertz CT molecular complexity index is 457. The average molecular weight is 225 g/mol. The predicted molar refractivity (Wildman–Crippen MR) is 54.7 cm³/mol. The molecule has 1 N–H and O–H groups in total. The van der Waals surface area contributed by atoms with Gasteiger partial charge in [0.25, 0.3) is 0 Å². The molecule has 2 aromatic rings. The van der Waals surface area contributed by atoms with E-state index in [1.165, 1.54) is 0 Å². The van der Waals surface area contributed by atoms with Gasteiger partial charge in [-0.25, -0.2) is 9.97 Å². The van der Waals surface area contributed by atoms with Crippen LogP contribution in [0.4, 0.5) is 0 Å². The molecule has 0 aliphatic carbocycles. The summed E-state index contributed by atoms with van der Waals surface area (Å²) in [6.07, 6.45) is 1.60. The Balaban J connectivity index is 2.02. The summed E-state index contributed by atoms with van der Waals surface area (Å²) in [6, 6.07) is 3.50. The molecule has 0 aromatic carbocycles. The molecule has 0 aliphatic rings. The van der Waals surface area contributed by atoms with Gasteiger partial charge in [-0.1, -0.05) is 11.6 Å². The smallest absolute Gasteiger partial charge is 0.188 e. The molecule has 0 saturated carbocycles. The molecule has 0 spiro atoms. The van der Waals surface area contributed by atoms with Gasteiger partial charge in [-0.15, -0.1) is 0 Å². The third kappa shape index (κ3) is 2.44. The number of hydrogen-bond acceptors (Lipinski definition) is 4. The van der Waals surface area contributed by atoms with Gasteiger partial charge in [0, 0.05) is 6.20 Å². The van der Waals surface area contributed by atoms with E-state index in [-0.39, 0.29) is 6.61 Å². The highest BCUT2D eigenvalue weighted by Gasteiger charge is 2.04. The van der Waals surface area contributed by atoms with Gasteiger partial charge in [-0.3, -0.25) is 5.10 Å². The first kappa shape index (κ1) is 9.92. The van der Waals surface area contributed by atoms with Gasteiger partial charge in [0.2, 0.25) is 0 Å². The van der Waals surface area contributed by atoms with Crippen LogP contribution in [0.2, 0.25) is 5.15 Å². The molecule has 2 rings (SSSR count). The Morgan fingerprint density at radius 3 is 3.07 bits per heavy atom. The van der Waals surface area contributed by atoms with Crippen molar-refractivity contribution in [2.24, 2.45) is 0 Å². The van der Waals surface area contributed by atoms with Crippen molar-refractivity contribution < 1.29 is 4.74 Å². The van der Waals surface area contributed by atoms with Crippen molar-refractivity contribution in [3.63, 3.8) is 0 Å². The van der Waals surface area contributed by atoms with Crippen LogP contribution in [0.3, 0.4) is 0 Å². The van der Waals surface area contributed by atoms with Gasteiger partial charge in [0.05, 0.1) is 0 Å². The number of aryl methyl sites for hydroxylation is 1. The molecule has 0 radical (unpaired) electrons. The average Bonchev–Trinajstić information content (AvgIpc) is 2.63. The van der Waals surface area contributed by atoms with Crippen LogP contribution in [-0.4, -0.2) is 20.2 Å². The van der Waals surface area contributed by atoms with Crippen LogP contribution >= 0.6 is 11.6 Å². The standard InChI is InChI=1S/C9H9ClN4O/c1-6-12-8(14-13-6)5-15-7-3-2-4-11-9(7)10/h2-4H,5H2,1H3,(H,12,13,14). The Kier molecular flexibility index (Phi) is 2.82. The molecule has 0 aliphatic heterocycles. The summed E-state index contributed by atoms with van der Waals surface area (Å²) in [5.41, 5.74) is 0. The second kappa shape index (κ2) is 4.27. The van der Waals surface area contributed by atoms with Gasteiger partial charge in [-0.05, 0) is 19.1 Å². The minimum Gasteiger partial charge on any atom is -0.482 e. The number of aromatic amines is 1. The highest BCUT2D eigenvalue weighted by atomic mass is 35.5. The summed E-state index contributed by atoms with van der Waals surface area (Å²) in [4.78, 5) is 7.99. The molecular weight excluding hydrogens is 216 g/mol.